The molecule has 0 atom stereocenters. The molecular weight excluding hydrogens is 390 g/mol. The first-order valence-electron chi connectivity index (χ1n) is 8.64. The number of fused-ring (bicyclic) bond motifs is 1. The van der Waals surface area contributed by atoms with E-state index in [0.29, 0.717) is 21.9 Å². The zero-order valence-corrected chi connectivity index (χ0v) is 16.7. The zero-order chi connectivity index (χ0) is 19.5. The van der Waals surface area contributed by atoms with Crippen LogP contribution in [0.3, 0.4) is 0 Å². The first-order valence-corrected chi connectivity index (χ1v) is 10.5. The summed E-state index contributed by atoms with van der Waals surface area (Å²) in [6.45, 7) is 0. The lowest BCUT2D eigenvalue weighted by Gasteiger charge is -2.08. The van der Waals surface area contributed by atoms with Gasteiger partial charge in [0.2, 0.25) is 0 Å². The van der Waals surface area contributed by atoms with E-state index in [-0.39, 0.29) is 11.5 Å². The Labute approximate surface area is 170 Å². The molecule has 7 heteroatoms. The molecule has 4 rings (SSSR count). The average molecular weight is 408 g/mol. The second-order valence-corrected chi connectivity index (χ2v) is 8.04. The Kier molecular flexibility index (Phi) is 5.27. The highest BCUT2D eigenvalue weighted by Gasteiger charge is 2.10. The number of carbonyl (C=O) groups excluding carboxylic acids is 1. The zero-order valence-electron chi connectivity index (χ0n) is 15.1. The van der Waals surface area contributed by atoms with Gasteiger partial charge in [-0.2, -0.15) is 0 Å². The van der Waals surface area contributed by atoms with Gasteiger partial charge in [-0.3, -0.25) is 14.2 Å². The molecule has 0 saturated heterocycles. The van der Waals surface area contributed by atoms with Crippen molar-refractivity contribution in [3.8, 4) is 0 Å². The predicted octanol–water partition coefficient (Wildman–Crippen LogP) is 4.54. The second-order valence-electron chi connectivity index (χ2n) is 6.20. The molecule has 2 heterocycles. The predicted molar refractivity (Wildman–Crippen MR) is 115 cm³/mol. The topological polar surface area (TPSA) is 64.0 Å². The van der Waals surface area contributed by atoms with E-state index in [0.717, 1.165) is 16.1 Å². The van der Waals surface area contributed by atoms with Crippen LogP contribution in [0.1, 0.15) is 15.9 Å². The molecule has 4 aromatic rings. The summed E-state index contributed by atoms with van der Waals surface area (Å²) in [4.78, 5) is 30.0. The number of amides is 1. The Morgan fingerprint density at radius 1 is 1.11 bits per heavy atom. The largest absolute Gasteiger partial charge is 0.322 e. The SMILES string of the molecule is Cn1c(SCc2ccc(C(=O)Nc3ccccc3)cc2)nc2sccc2c1=O. The van der Waals surface area contributed by atoms with Gasteiger partial charge in [0.05, 0.1) is 5.39 Å². The van der Waals surface area contributed by atoms with Crippen LogP contribution in [0.25, 0.3) is 10.2 Å². The summed E-state index contributed by atoms with van der Waals surface area (Å²) >= 11 is 2.98. The van der Waals surface area contributed by atoms with Crippen LogP contribution in [0.5, 0.6) is 0 Å². The Bertz CT molecular complexity index is 1180. The van der Waals surface area contributed by atoms with Gasteiger partial charge in [-0.1, -0.05) is 42.1 Å². The molecule has 28 heavy (non-hydrogen) atoms. The molecule has 2 aromatic heterocycles. The molecule has 1 amide bonds. The molecule has 0 aliphatic rings. The van der Waals surface area contributed by atoms with Gasteiger partial charge in [-0.05, 0) is 41.3 Å². The van der Waals surface area contributed by atoms with E-state index in [1.807, 2.05) is 66.0 Å². The molecular formula is C21H17N3O2S2. The van der Waals surface area contributed by atoms with E-state index in [1.54, 1.807) is 11.6 Å². The van der Waals surface area contributed by atoms with Crippen LogP contribution in [0, 0.1) is 0 Å². The molecule has 0 aliphatic heterocycles. The van der Waals surface area contributed by atoms with Crippen LogP contribution in [-0.2, 0) is 12.8 Å². The first-order chi connectivity index (χ1) is 13.6. The minimum Gasteiger partial charge on any atom is -0.322 e. The minimum atomic E-state index is -0.141. The normalized spacial score (nSPS) is 10.9. The van der Waals surface area contributed by atoms with E-state index < -0.39 is 0 Å². The fourth-order valence-electron chi connectivity index (χ4n) is 2.73. The Morgan fingerprint density at radius 3 is 2.61 bits per heavy atom. The average Bonchev–Trinajstić information content (AvgIpc) is 3.19. The van der Waals surface area contributed by atoms with Crippen molar-refractivity contribution in [2.45, 2.75) is 10.9 Å². The van der Waals surface area contributed by atoms with Crippen LogP contribution in [0.2, 0.25) is 0 Å². The maximum atomic E-state index is 12.4. The number of thioether (sulfide) groups is 1. The number of aromatic nitrogens is 2. The van der Waals surface area contributed by atoms with Gasteiger partial charge in [0.1, 0.15) is 4.83 Å². The quantitative estimate of drug-likeness (QED) is 0.390. The molecule has 0 unspecified atom stereocenters. The lowest BCUT2D eigenvalue weighted by molar-refractivity contribution is 0.102. The van der Waals surface area contributed by atoms with E-state index in [4.69, 9.17) is 0 Å². The van der Waals surface area contributed by atoms with Crippen molar-refractivity contribution >= 4 is 44.9 Å². The summed E-state index contributed by atoms with van der Waals surface area (Å²) in [6.07, 6.45) is 0. The van der Waals surface area contributed by atoms with E-state index in [2.05, 4.69) is 10.3 Å². The molecule has 140 valence electrons. The van der Waals surface area contributed by atoms with Gasteiger partial charge in [-0.15, -0.1) is 11.3 Å². The Hall–Kier alpha value is -2.90. The van der Waals surface area contributed by atoms with Gasteiger partial charge in [0.15, 0.2) is 5.16 Å². The van der Waals surface area contributed by atoms with Crippen LogP contribution >= 0.6 is 23.1 Å². The summed E-state index contributed by atoms with van der Waals surface area (Å²) < 4.78 is 1.58. The number of nitrogens with one attached hydrogen (secondary N) is 1. The summed E-state index contributed by atoms with van der Waals surface area (Å²) in [5, 5.41) is 6.10. The number of thiophene rings is 1. The molecule has 1 N–H and O–H groups in total. The van der Waals surface area contributed by atoms with Crippen molar-refractivity contribution in [3.05, 3.63) is 87.5 Å². The number of nitrogens with zero attached hydrogens (tertiary/aromatic N) is 2. The molecule has 0 saturated carbocycles. The Morgan fingerprint density at radius 2 is 1.86 bits per heavy atom. The third-order valence-electron chi connectivity index (χ3n) is 4.28. The summed E-state index contributed by atoms with van der Waals surface area (Å²) in [5.74, 6) is 0.523. The molecule has 0 fully saturated rings. The third-order valence-corrected chi connectivity index (χ3v) is 6.19. The molecule has 5 nitrogen and oxygen atoms in total. The van der Waals surface area contributed by atoms with Crippen LogP contribution in [-0.4, -0.2) is 15.5 Å². The highest BCUT2D eigenvalue weighted by Crippen LogP contribution is 2.23. The lowest BCUT2D eigenvalue weighted by atomic mass is 10.1. The van der Waals surface area contributed by atoms with Crippen molar-refractivity contribution in [3.63, 3.8) is 0 Å². The number of carbonyl (C=O) groups is 1. The molecule has 0 radical (unpaired) electrons. The summed E-state index contributed by atoms with van der Waals surface area (Å²) in [6, 6.07) is 18.6. The van der Waals surface area contributed by atoms with E-state index in [1.165, 1.54) is 23.1 Å². The van der Waals surface area contributed by atoms with Crippen LogP contribution in [0.15, 0.2) is 76.0 Å². The van der Waals surface area contributed by atoms with Crippen molar-refractivity contribution in [2.24, 2.45) is 7.05 Å². The number of hydrogen-bond acceptors (Lipinski definition) is 5. The monoisotopic (exact) mass is 407 g/mol. The van der Waals surface area contributed by atoms with Gasteiger partial charge in [0, 0.05) is 24.1 Å². The van der Waals surface area contributed by atoms with E-state index in [9.17, 15) is 9.59 Å². The van der Waals surface area contributed by atoms with Crippen molar-refractivity contribution in [2.75, 3.05) is 5.32 Å². The van der Waals surface area contributed by atoms with Crippen molar-refractivity contribution in [1.29, 1.82) is 0 Å². The molecule has 0 bridgehead atoms. The van der Waals surface area contributed by atoms with Crippen molar-refractivity contribution in [1.82, 2.24) is 9.55 Å². The fourth-order valence-corrected chi connectivity index (χ4v) is 4.47. The van der Waals surface area contributed by atoms with Gasteiger partial charge >= 0.3 is 0 Å². The maximum absolute atomic E-state index is 12.4. The van der Waals surface area contributed by atoms with Gasteiger partial charge in [-0.25, -0.2) is 4.98 Å². The smallest absolute Gasteiger partial charge is 0.262 e. The number of hydrogen-bond donors (Lipinski definition) is 1. The maximum Gasteiger partial charge on any atom is 0.262 e. The molecule has 2 aromatic carbocycles. The van der Waals surface area contributed by atoms with E-state index >= 15 is 0 Å². The van der Waals surface area contributed by atoms with Gasteiger partial charge in [0.25, 0.3) is 11.5 Å². The first kappa shape index (κ1) is 18.5. The number of para-hydroxylation sites is 1. The molecule has 0 aliphatic carbocycles. The highest BCUT2D eigenvalue weighted by molar-refractivity contribution is 7.98. The summed E-state index contributed by atoms with van der Waals surface area (Å²) in [5.41, 5.74) is 2.40. The number of rotatable bonds is 5. The molecule has 0 spiro atoms. The van der Waals surface area contributed by atoms with Crippen LogP contribution in [0.4, 0.5) is 5.69 Å². The number of benzene rings is 2. The summed E-state index contributed by atoms with van der Waals surface area (Å²) in [7, 11) is 1.74. The second kappa shape index (κ2) is 8.00. The van der Waals surface area contributed by atoms with Gasteiger partial charge < -0.3 is 5.32 Å². The Balaban J connectivity index is 1.44. The standard InChI is InChI=1S/C21H17N3O2S2/c1-24-20(26)17-11-12-27-19(17)23-21(24)28-13-14-7-9-15(10-8-14)18(25)22-16-5-3-2-4-6-16/h2-12H,13H2,1H3,(H,22,25). The van der Waals surface area contributed by atoms with Crippen molar-refractivity contribution < 1.29 is 4.79 Å². The number of anilines is 1. The van der Waals surface area contributed by atoms with Crippen LogP contribution < -0.4 is 10.9 Å². The lowest BCUT2D eigenvalue weighted by Crippen LogP contribution is -2.19. The highest BCUT2D eigenvalue weighted by atomic mass is 32.2. The minimum absolute atomic E-state index is 0.0262. The third kappa shape index (κ3) is 3.85. The fraction of sp³-hybridized carbons (Fsp3) is 0.0952.